The maximum Gasteiger partial charge on any atom is 0.320 e. The Balaban J connectivity index is 0.000000247. The van der Waals surface area contributed by atoms with Crippen LogP contribution in [0.3, 0.4) is 0 Å². The van der Waals surface area contributed by atoms with Crippen LogP contribution in [-0.4, -0.2) is 27.1 Å². The van der Waals surface area contributed by atoms with Gasteiger partial charge in [-0.15, -0.1) is 11.3 Å². The summed E-state index contributed by atoms with van der Waals surface area (Å²) < 4.78 is 0. The Kier molecular flexibility index (Phi) is 4.86. The first-order valence-electron chi connectivity index (χ1n) is 6.04. The highest BCUT2D eigenvalue weighted by molar-refractivity contribution is 7.07. The third-order valence-electron chi connectivity index (χ3n) is 2.78. The van der Waals surface area contributed by atoms with Crippen LogP contribution in [0.5, 0.6) is 0 Å². The number of thiazole rings is 1. The lowest BCUT2D eigenvalue weighted by Gasteiger charge is -2.04. The number of hydrogen-bond acceptors (Lipinski definition) is 4. The molecule has 0 aliphatic heterocycles. The molecule has 1 atom stereocenters. The van der Waals surface area contributed by atoms with Crippen molar-refractivity contribution in [2.75, 3.05) is 0 Å². The Hall–Kier alpha value is -2.18. The fraction of sp³-hybridized carbons (Fsp3) is 0.143. The first-order valence-corrected chi connectivity index (χ1v) is 6.98. The number of nitrogens with one attached hydrogen (secondary N) is 1. The molecule has 3 aromatic rings. The molecule has 2 heterocycles. The van der Waals surface area contributed by atoms with E-state index in [0.717, 1.165) is 16.5 Å². The van der Waals surface area contributed by atoms with Crippen LogP contribution >= 0.6 is 11.3 Å². The number of H-pyrrole nitrogens is 1. The zero-order valence-electron chi connectivity index (χ0n) is 10.7. The highest BCUT2D eigenvalue weighted by Crippen LogP contribution is 2.18. The van der Waals surface area contributed by atoms with Gasteiger partial charge < -0.3 is 15.8 Å². The minimum atomic E-state index is -0.972. The number of aromatic nitrogens is 2. The molecule has 0 saturated heterocycles. The van der Waals surface area contributed by atoms with Crippen LogP contribution in [0.1, 0.15) is 5.56 Å². The summed E-state index contributed by atoms with van der Waals surface area (Å²) in [7, 11) is 0. The molecule has 0 aliphatic carbocycles. The summed E-state index contributed by atoms with van der Waals surface area (Å²) in [4.78, 5) is 17.5. The molecular formula is C14H15N3O2S. The molecule has 0 unspecified atom stereocenters. The lowest BCUT2D eigenvalue weighted by atomic mass is 10.1. The highest BCUT2D eigenvalue weighted by Gasteiger charge is 2.14. The number of para-hydroxylation sites is 1. The number of carboxylic acids is 1. The molecule has 104 valence electrons. The van der Waals surface area contributed by atoms with E-state index in [1.807, 2.05) is 35.8 Å². The number of carbonyl (C=O) groups is 1. The van der Waals surface area contributed by atoms with Crippen LogP contribution < -0.4 is 5.73 Å². The Morgan fingerprint density at radius 3 is 2.85 bits per heavy atom. The smallest absolute Gasteiger partial charge is 0.320 e. The van der Waals surface area contributed by atoms with Gasteiger partial charge in [-0.25, -0.2) is 0 Å². The minimum absolute atomic E-state index is 0.347. The van der Waals surface area contributed by atoms with Crippen LogP contribution in [0.15, 0.2) is 47.5 Å². The van der Waals surface area contributed by atoms with Crippen molar-refractivity contribution in [2.24, 2.45) is 5.73 Å². The summed E-state index contributed by atoms with van der Waals surface area (Å²) in [5.41, 5.74) is 9.23. The predicted molar refractivity (Wildman–Crippen MR) is 79.7 cm³/mol. The van der Waals surface area contributed by atoms with Gasteiger partial charge in [0.05, 0.1) is 5.51 Å². The number of fused-ring (bicyclic) bond motifs is 1. The zero-order chi connectivity index (χ0) is 14.4. The summed E-state index contributed by atoms with van der Waals surface area (Å²) in [5.74, 6) is -0.972. The van der Waals surface area contributed by atoms with Crippen molar-refractivity contribution in [1.29, 1.82) is 0 Å². The molecule has 0 aliphatic rings. The molecule has 1 aromatic carbocycles. The van der Waals surface area contributed by atoms with E-state index in [1.165, 1.54) is 0 Å². The average molecular weight is 289 g/mol. The standard InChI is InChI=1S/C11H12N2O2.C3H3NS/c12-9(11(14)15)5-7-6-13-10-4-2-1-3-8(7)10;1-2-5-3-4-1/h1-4,6,9,13H,5,12H2,(H,14,15);1-3H/t9-;/m0./s1. The second-order valence-electron chi connectivity index (χ2n) is 4.18. The van der Waals surface area contributed by atoms with E-state index >= 15 is 0 Å². The molecule has 0 spiro atoms. The Morgan fingerprint density at radius 2 is 2.25 bits per heavy atom. The molecule has 4 N–H and O–H groups in total. The first-order chi connectivity index (χ1) is 9.68. The molecule has 0 amide bonds. The van der Waals surface area contributed by atoms with Gasteiger partial charge >= 0.3 is 5.97 Å². The van der Waals surface area contributed by atoms with Gasteiger partial charge in [0.1, 0.15) is 6.04 Å². The number of aliphatic carboxylic acids is 1. The number of nitrogens with two attached hydrogens (primary N) is 1. The fourth-order valence-electron chi connectivity index (χ4n) is 1.80. The van der Waals surface area contributed by atoms with E-state index in [0.29, 0.717) is 6.42 Å². The number of aromatic amines is 1. The van der Waals surface area contributed by atoms with Gasteiger partial charge in [0.25, 0.3) is 0 Å². The maximum absolute atomic E-state index is 10.6. The topological polar surface area (TPSA) is 92.0 Å². The van der Waals surface area contributed by atoms with Crippen molar-refractivity contribution in [3.63, 3.8) is 0 Å². The van der Waals surface area contributed by atoms with Crippen molar-refractivity contribution in [1.82, 2.24) is 9.97 Å². The van der Waals surface area contributed by atoms with Crippen molar-refractivity contribution < 1.29 is 9.90 Å². The molecule has 0 radical (unpaired) electrons. The predicted octanol–water partition coefficient (Wildman–Crippen LogP) is 2.27. The molecule has 0 fully saturated rings. The lowest BCUT2D eigenvalue weighted by Crippen LogP contribution is -2.32. The number of nitrogens with zero attached hydrogens (tertiary/aromatic N) is 1. The second kappa shape index (κ2) is 6.83. The Bertz CT molecular complexity index is 647. The SMILES string of the molecule is N[C@@H](Cc1c[nH]c2ccccc12)C(=O)O.c1cscn1. The summed E-state index contributed by atoms with van der Waals surface area (Å²) in [6.45, 7) is 0. The van der Waals surface area contributed by atoms with Crippen molar-refractivity contribution in [2.45, 2.75) is 12.5 Å². The molecule has 3 rings (SSSR count). The molecule has 0 bridgehead atoms. The quantitative estimate of drug-likeness (QED) is 0.689. The largest absolute Gasteiger partial charge is 0.480 e. The van der Waals surface area contributed by atoms with E-state index in [2.05, 4.69) is 9.97 Å². The second-order valence-corrected chi connectivity index (χ2v) is 4.94. The van der Waals surface area contributed by atoms with Crippen molar-refractivity contribution >= 4 is 28.2 Å². The van der Waals surface area contributed by atoms with Gasteiger partial charge in [-0.1, -0.05) is 18.2 Å². The molecular weight excluding hydrogens is 274 g/mol. The van der Waals surface area contributed by atoms with Crippen LogP contribution in [0.25, 0.3) is 10.9 Å². The zero-order valence-corrected chi connectivity index (χ0v) is 11.5. The Labute approximate surface area is 120 Å². The highest BCUT2D eigenvalue weighted by atomic mass is 32.1. The van der Waals surface area contributed by atoms with E-state index in [-0.39, 0.29) is 0 Å². The monoisotopic (exact) mass is 289 g/mol. The van der Waals surface area contributed by atoms with Crippen molar-refractivity contribution in [3.05, 3.63) is 53.1 Å². The lowest BCUT2D eigenvalue weighted by molar-refractivity contribution is -0.138. The van der Waals surface area contributed by atoms with Crippen LogP contribution in [0, 0.1) is 0 Å². The maximum atomic E-state index is 10.6. The van der Waals surface area contributed by atoms with Gasteiger partial charge in [0.15, 0.2) is 0 Å². The van der Waals surface area contributed by atoms with Gasteiger partial charge in [-0.2, -0.15) is 0 Å². The van der Waals surface area contributed by atoms with Gasteiger partial charge in [0.2, 0.25) is 0 Å². The number of benzene rings is 1. The molecule has 0 saturated carbocycles. The third-order valence-corrected chi connectivity index (χ3v) is 3.30. The summed E-state index contributed by atoms with van der Waals surface area (Å²) >= 11 is 1.60. The van der Waals surface area contributed by atoms with Gasteiger partial charge in [-0.05, 0) is 11.6 Å². The van der Waals surface area contributed by atoms with Gasteiger partial charge in [0, 0.05) is 35.1 Å². The molecule has 6 heteroatoms. The van der Waals surface area contributed by atoms with E-state index < -0.39 is 12.0 Å². The third kappa shape index (κ3) is 3.66. The van der Waals surface area contributed by atoms with Crippen LogP contribution in [0.4, 0.5) is 0 Å². The van der Waals surface area contributed by atoms with Gasteiger partial charge in [-0.3, -0.25) is 9.78 Å². The van der Waals surface area contributed by atoms with Crippen molar-refractivity contribution in [3.8, 4) is 0 Å². The van der Waals surface area contributed by atoms with Crippen LogP contribution in [-0.2, 0) is 11.2 Å². The fourth-order valence-corrected chi connectivity index (χ4v) is 2.15. The number of rotatable bonds is 3. The first kappa shape index (κ1) is 14.2. The minimum Gasteiger partial charge on any atom is -0.480 e. The average Bonchev–Trinajstić information content (AvgIpc) is 3.12. The summed E-state index contributed by atoms with van der Waals surface area (Å²) in [5, 5.41) is 11.7. The van der Waals surface area contributed by atoms with E-state index in [4.69, 9.17) is 10.8 Å². The summed E-state index contributed by atoms with van der Waals surface area (Å²) in [6.07, 6.45) is 3.93. The summed E-state index contributed by atoms with van der Waals surface area (Å²) in [6, 6.07) is 6.91. The van der Waals surface area contributed by atoms with Crippen LogP contribution in [0.2, 0.25) is 0 Å². The Morgan fingerprint density at radius 1 is 1.45 bits per heavy atom. The molecule has 20 heavy (non-hydrogen) atoms. The van der Waals surface area contributed by atoms with E-state index in [9.17, 15) is 4.79 Å². The molecule has 2 aromatic heterocycles. The van der Waals surface area contributed by atoms with E-state index in [1.54, 1.807) is 23.0 Å². The normalized spacial score (nSPS) is 11.7. The number of hydrogen-bond donors (Lipinski definition) is 3. The molecule has 5 nitrogen and oxygen atoms in total. The number of carboxylic acid groups (broad SMARTS) is 1.